The Kier molecular flexibility index (Phi) is 4.68. The monoisotopic (exact) mass is 362 g/mol. The van der Waals surface area contributed by atoms with Gasteiger partial charge in [-0.15, -0.1) is 0 Å². The van der Waals surface area contributed by atoms with Crippen LogP contribution in [0.25, 0.3) is 11.2 Å². The molecule has 1 unspecified atom stereocenters. The first-order valence-corrected chi connectivity index (χ1v) is 9.79. The van der Waals surface area contributed by atoms with Crippen molar-refractivity contribution >= 4 is 17.1 Å². The summed E-state index contributed by atoms with van der Waals surface area (Å²) in [5.74, 6) is 1.90. The van der Waals surface area contributed by atoms with Gasteiger partial charge in [-0.2, -0.15) is 0 Å². The zero-order valence-electron chi connectivity index (χ0n) is 16.2. The summed E-state index contributed by atoms with van der Waals surface area (Å²) in [5.41, 5.74) is 3.90. The van der Waals surface area contributed by atoms with Gasteiger partial charge in [0.1, 0.15) is 11.3 Å². The van der Waals surface area contributed by atoms with Crippen molar-refractivity contribution in [2.75, 3.05) is 13.1 Å². The number of hydrogen-bond acceptors (Lipinski definition) is 3. The van der Waals surface area contributed by atoms with Gasteiger partial charge in [0.2, 0.25) is 0 Å². The molecule has 2 aromatic heterocycles. The van der Waals surface area contributed by atoms with E-state index in [9.17, 15) is 4.79 Å². The quantitative estimate of drug-likeness (QED) is 0.699. The number of hydrogen-bond donors (Lipinski definition) is 0. The number of fused-ring (bicyclic) bond motifs is 1. The molecule has 1 fully saturated rings. The van der Waals surface area contributed by atoms with E-state index < -0.39 is 0 Å². The van der Waals surface area contributed by atoms with Crippen LogP contribution in [0.1, 0.15) is 60.8 Å². The third-order valence-electron chi connectivity index (χ3n) is 5.51. The molecule has 0 N–H and O–H groups in total. The zero-order chi connectivity index (χ0) is 19.0. The van der Waals surface area contributed by atoms with Crippen LogP contribution < -0.4 is 0 Å². The van der Waals surface area contributed by atoms with Gasteiger partial charge in [-0.25, -0.2) is 9.97 Å². The van der Waals surface area contributed by atoms with Crippen LogP contribution in [0, 0.1) is 0 Å². The lowest BCUT2D eigenvalue weighted by atomic mass is 10.0. The molecule has 1 aromatic carbocycles. The van der Waals surface area contributed by atoms with E-state index in [2.05, 4.69) is 42.5 Å². The van der Waals surface area contributed by atoms with Gasteiger partial charge in [0.25, 0.3) is 5.91 Å². The highest BCUT2D eigenvalue weighted by atomic mass is 16.2. The first kappa shape index (κ1) is 17.7. The molecule has 1 aliphatic rings. The Morgan fingerprint density at radius 2 is 2.00 bits per heavy atom. The van der Waals surface area contributed by atoms with Crippen LogP contribution in [-0.4, -0.2) is 38.4 Å². The Morgan fingerprint density at radius 3 is 2.70 bits per heavy atom. The average Bonchev–Trinajstić information content (AvgIpc) is 3.31. The number of likely N-dealkylation sites (tertiary alicyclic amines) is 1. The van der Waals surface area contributed by atoms with E-state index in [1.54, 1.807) is 0 Å². The van der Waals surface area contributed by atoms with Crippen LogP contribution in [0.3, 0.4) is 0 Å². The summed E-state index contributed by atoms with van der Waals surface area (Å²) in [7, 11) is 0. The number of amides is 1. The molecule has 5 heteroatoms. The summed E-state index contributed by atoms with van der Waals surface area (Å²) in [6.45, 7) is 8.77. The highest BCUT2D eigenvalue weighted by molar-refractivity contribution is 5.94. The molecular formula is C22H26N4O. The highest BCUT2D eigenvalue weighted by Crippen LogP contribution is 2.30. The zero-order valence-corrected chi connectivity index (χ0v) is 16.2. The van der Waals surface area contributed by atoms with Crippen molar-refractivity contribution in [1.29, 1.82) is 0 Å². The fourth-order valence-corrected chi connectivity index (χ4v) is 3.95. The lowest BCUT2D eigenvalue weighted by Crippen LogP contribution is -2.28. The third kappa shape index (κ3) is 3.22. The van der Waals surface area contributed by atoms with Crippen molar-refractivity contribution in [2.24, 2.45) is 0 Å². The maximum atomic E-state index is 12.9. The Bertz CT molecular complexity index is 958. The first-order valence-electron chi connectivity index (χ1n) is 9.79. The molecule has 1 atom stereocenters. The lowest BCUT2D eigenvalue weighted by molar-refractivity contribution is 0.0790. The minimum absolute atomic E-state index is 0.116. The molecule has 1 aliphatic heterocycles. The molecule has 0 bridgehead atoms. The van der Waals surface area contributed by atoms with Crippen LogP contribution in [-0.2, 0) is 6.54 Å². The number of pyridine rings is 1. The molecule has 0 saturated carbocycles. The molecule has 0 radical (unpaired) electrons. The van der Waals surface area contributed by atoms with Gasteiger partial charge >= 0.3 is 0 Å². The van der Waals surface area contributed by atoms with Gasteiger partial charge in [-0.3, -0.25) is 4.79 Å². The number of aryl methyl sites for hydroxylation is 1. The fraction of sp³-hybridized carbons (Fsp3) is 0.409. The van der Waals surface area contributed by atoms with Gasteiger partial charge in [-0.1, -0.05) is 26.0 Å². The Balaban J connectivity index is 1.54. The molecule has 3 heterocycles. The highest BCUT2D eigenvalue weighted by Gasteiger charge is 2.31. The van der Waals surface area contributed by atoms with E-state index in [0.717, 1.165) is 42.1 Å². The average molecular weight is 362 g/mol. The van der Waals surface area contributed by atoms with Crippen molar-refractivity contribution in [1.82, 2.24) is 19.4 Å². The van der Waals surface area contributed by atoms with E-state index >= 15 is 0 Å². The van der Waals surface area contributed by atoms with Gasteiger partial charge in [0.05, 0.1) is 0 Å². The fourth-order valence-electron chi connectivity index (χ4n) is 3.95. The summed E-state index contributed by atoms with van der Waals surface area (Å²) in [6.07, 6.45) is 2.75. The standard InChI is InChI=1S/C22H26N4O/c1-4-26-20(24-19-6-5-12-23-21(19)26)18-11-13-25(14-18)22(27)17-9-7-16(8-10-17)15(2)3/h5-10,12,15,18H,4,11,13-14H2,1-3H3. The number of imidazole rings is 1. The van der Waals surface area contributed by atoms with E-state index in [4.69, 9.17) is 4.98 Å². The van der Waals surface area contributed by atoms with Crippen LogP contribution in [0.2, 0.25) is 0 Å². The topological polar surface area (TPSA) is 51.0 Å². The van der Waals surface area contributed by atoms with Crippen LogP contribution in [0.4, 0.5) is 0 Å². The molecule has 1 amide bonds. The molecule has 140 valence electrons. The summed E-state index contributed by atoms with van der Waals surface area (Å²) < 4.78 is 2.19. The number of rotatable bonds is 4. The van der Waals surface area contributed by atoms with Crippen molar-refractivity contribution in [2.45, 2.75) is 45.6 Å². The van der Waals surface area contributed by atoms with E-state index in [0.29, 0.717) is 12.5 Å². The van der Waals surface area contributed by atoms with Crippen LogP contribution in [0.5, 0.6) is 0 Å². The van der Waals surface area contributed by atoms with Gasteiger partial charge < -0.3 is 9.47 Å². The number of benzene rings is 1. The maximum absolute atomic E-state index is 12.9. The van der Waals surface area contributed by atoms with Crippen molar-refractivity contribution < 1.29 is 4.79 Å². The first-order chi connectivity index (χ1) is 13.1. The molecule has 27 heavy (non-hydrogen) atoms. The largest absolute Gasteiger partial charge is 0.338 e. The molecular weight excluding hydrogens is 336 g/mol. The second-order valence-corrected chi connectivity index (χ2v) is 7.57. The number of carbonyl (C=O) groups excluding carboxylic acids is 1. The predicted octanol–water partition coefficient (Wildman–Crippen LogP) is 4.20. The Hall–Kier alpha value is -2.69. The second kappa shape index (κ2) is 7.14. The third-order valence-corrected chi connectivity index (χ3v) is 5.51. The summed E-state index contributed by atoms with van der Waals surface area (Å²) >= 11 is 0. The van der Waals surface area contributed by atoms with Crippen LogP contribution in [0.15, 0.2) is 42.6 Å². The molecule has 3 aromatic rings. The van der Waals surface area contributed by atoms with E-state index in [1.807, 2.05) is 35.4 Å². The number of aromatic nitrogens is 3. The predicted molar refractivity (Wildman–Crippen MR) is 107 cm³/mol. The van der Waals surface area contributed by atoms with Gasteiger partial charge in [-0.05, 0) is 49.1 Å². The van der Waals surface area contributed by atoms with E-state index in [1.165, 1.54) is 5.56 Å². The smallest absolute Gasteiger partial charge is 0.253 e. The Labute approximate surface area is 160 Å². The minimum atomic E-state index is 0.116. The molecule has 4 rings (SSSR count). The molecule has 1 saturated heterocycles. The summed E-state index contributed by atoms with van der Waals surface area (Å²) in [5, 5.41) is 0. The van der Waals surface area contributed by atoms with Crippen molar-refractivity contribution in [3.63, 3.8) is 0 Å². The van der Waals surface area contributed by atoms with E-state index in [-0.39, 0.29) is 11.8 Å². The number of carbonyl (C=O) groups is 1. The Morgan fingerprint density at radius 1 is 1.22 bits per heavy atom. The maximum Gasteiger partial charge on any atom is 0.253 e. The summed E-state index contributed by atoms with van der Waals surface area (Å²) in [4.78, 5) is 24.2. The number of nitrogens with zero attached hydrogens (tertiary/aromatic N) is 4. The van der Waals surface area contributed by atoms with Gasteiger partial charge in [0.15, 0.2) is 5.65 Å². The summed E-state index contributed by atoms with van der Waals surface area (Å²) in [6, 6.07) is 12.0. The lowest BCUT2D eigenvalue weighted by Gasteiger charge is -2.17. The van der Waals surface area contributed by atoms with Crippen LogP contribution >= 0.6 is 0 Å². The minimum Gasteiger partial charge on any atom is -0.338 e. The SMILES string of the molecule is CCn1c(C2CCN(C(=O)c3ccc(C(C)C)cc3)C2)nc2cccnc21. The van der Waals surface area contributed by atoms with Gasteiger partial charge in [0, 0.05) is 37.3 Å². The normalized spacial score (nSPS) is 17.2. The molecule has 5 nitrogen and oxygen atoms in total. The second-order valence-electron chi connectivity index (χ2n) is 7.57. The van der Waals surface area contributed by atoms with Crippen molar-refractivity contribution in [3.8, 4) is 0 Å². The van der Waals surface area contributed by atoms with Crippen molar-refractivity contribution in [3.05, 3.63) is 59.5 Å². The molecule has 0 spiro atoms. The molecule has 0 aliphatic carbocycles.